The molecule has 0 aliphatic heterocycles. The van der Waals surface area contributed by atoms with Gasteiger partial charge in [0.2, 0.25) is 0 Å². The van der Waals surface area contributed by atoms with E-state index in [4.69, 9.17) is 9.57 Å². The maximum atomic E-state index is 13.9. The van der Waals surface area contributed by atoms with Crippen LogP contribution in [0.1, 0.15) is 70.3 Å². The van der Waals surface area contributed by atoms with Crippen LogP contribution >= 0.6 is 0 Å². The van der Waals surface area contributed by atoms with Crippen molar-refractivity contribution in [2.45, 2.75) is 57.2 Å². The Morgan fingerprint density at radius 2 is 1.24 bits per heavy atom. The lowest BCUT2D eigenvalue weighted by Gasteiger charge is -2.36. The summed E-state index contributed by atoms with van der Waals surface area (Å²) >= 11 is 0. The molecular weight excluding hydrogens is 526 g/mol. The second kappa shape index (κ2) is 13.8. The molecule has 0 radical (unpaired) electrons. The first kappa shape index (κ1) is 28.8. The highest BCUT2D eigenvalue weighted by Crippen LogP contribution is 2.41. The van der Waals surface area contributed by atoms with Crippen molar-refractivity contribution in [1.29, 1.82) is 0 Å². The summed E-state index contributed by atoms with van der Waals surface area (Å²) in [4.78, 5) is 30.9. The Bertz CT molecular complexity index is 1490. The fourth-order valence-corrected chi connectivity index (χ4v) is 5.56. The van der Waals surface area contributed by atoms with Crippen molar-refractivity contribution in [3.8, 4) is 0 Å². The van der Waals surface area contributed by atoms with Crippen molar-refractivity contribution in [3.05, 3.63) is 143 Å². The number of carboxylic acid groups (broad SMARTS) is 1. The van der Waals surface area contributed by atoms with Crippen LogP contribution in [0.2, 0.25) is 0 Å². The molecule has 1 aliphatic carbocycles. The van der Waals surface area contributed by atoms with E-state index < -0.39 is 11.4 Å². The van der Waals surface area contributed by atoms with E-state index in [1.807, 2.05) is 97.1 Å². The normalized spacial score (nSPS) is 14.6. The number of ether oxygens (including phenoxy) is 1. The zero-order valence-corrected chi connectivity index (χ0v) is 23.6. The summed E-state index contributed by atoms with van der Waals surface area (Å²) in [5.41, 5.74) is 4.23. The quantitative estimate of drug-likeness (QED) is 0.116. The lowest BCUT2D eigenvalue weighted by atomic mass is 9.65. The molecule has 0 atom stereocenters. The molecule has 4 aromatic carbocycles. The van der Waals surface area contributed by atoms with E-state index in [0.29, 0.717) is 25.5 Å². The summed E-state index contributed by atoms with van der Waals surface area (Å²) in [6.07, 6.45) is 4.91. The number of carboxylic acids is 1. The third-order valence-electron chi connectivity index (χ3n) is 7.93. The third-order valence-corrected chi connectivity index (χ3v) is 7.93. The maximum absolute atomic E-state index is 13.9. The highest BCUT2D eigenvalue weighted by Gasteiger charge is 2.40. The Labute approximate surface area is 246 Å². The molecule has 0 bridgehead atoms. The molecule has 6 heteroatoms. The molecule has 1 saturated carbocycles. The Balaban J connectivity index is 1.32. The van der Waals surface area contributed by atoms with Gasteiger partial charge in [0.1, 0.15) is 19.0 Å². The van der Waals surface area contributed by atoms with Crippen LogP contribution in [-0.4, -0.2) is 22.8 Å². The van der Waals surface area contributed by atoms with Crippen molar-refractivity contribution in [1.82, 2.24) is 0 Å². The van der Waals surface area contributed by atoms with Gasteiger partial charge in [0.15, 0.2) is 0 Å². The van der Waals surface area contributed by atoms with Gasteiger partial charge in [0, 0.05) is 12.0 Å². The van der Waals surface area contributed by atoms with E-state index >= 15 is 0 Å². The number of hydrogen-bond donors (Lipinski definition) is 1. The Hall–Kier alpha value is -4.71. The molecule has 0 aromatic heterocycles. The molecule has 0 amide bonds. The van der Waals surface area contributed by atoms with Gasteiger partial charge in [-0.2, -0.15) is 0 Å². The fraction of sp³-hybridized carbons (Fsp3) is 0.250. The van der Waals surface area contributed by atoms with E-state index in [9.17, 15) is 14.7 Å². The number of ketones is 1. The van der Waals surface area contributed by atoms with Crippen molar-refractivity contribution >= 4 is 17.7 Å². The highest BCUT2D eigenvalue weighted by atomic mass is 16.6. The number of Topliss-reactive ketones (excluding diaryl/α,β-unsaturated/α-hetero) is 1. The molecule has 6 nitrogen and oxygen atoms in total. The van der Waals surface area contributed by atoms with E-state index in [1.54, 1.807) is 12.1 Å². The zero-order valence-electron chi connectivity index (χ0n) is 23.6. The number of carbonyl (C=O) groups excluding carboxylic acids is 1. The zero-order chi connectivity index (χ0) is 29.2. The Morgan fingerprint density at radius 1 is 0.667 bits per heavy atom. The molecular formula is C36H35NO5. The van der Waals surface area contributed by atoms with Crippen molar-refractivity contribution < 1.29 is 24.3 Å². The van der Waals surface area contributed by atoms with Crippen LogP contribution in [0, 0.1) is 0 Å². The first-order valence-corrected chi connectivity index (χ1v) is 14.4. The first-order chi connectivity index (χ1) is 20.5. The van der Waals surface area contributed by atoms with Gasteiger partial charge < -0.3 is 14.7 Å². The summed E-state index contributed by atoms with van der Waals surface area (Å²) in [6.45, 7) is 0.666. The number of aromatic carboxylic acids is 1. The van der Waals surface area contributed by atoms with Gasteiger partial charge in [-0.25, -0.2) is 4.79 Å². The highest BCUT2D eigenvalue weighted by molar-refractivity contribution is 5.95. The Morgan fingerprint density at radius 3 is 1.83 bits per heavy atom. The van der Waals surface area contributed by atoms with E-state index in [0.717, 1.165) is 59.9 Å². The Kier molecular flexibility index (Phi) is 9.44. The summed E-state index contributed by atoms with van der Waals surface area (Å²) in [5, 5.41) is 13.6. The summed E-state index contributed by atoms with van der Waals surface area (Å²) in [7, 11) is 0. The minimum absolute atomic E-state index is 0.165. The first-order valence-electron chi connectivity index (χ1n) is 14.4. The lowest BCUT2D eigenvalue weighted by Crippen LogP contribution is -2.39. The predicted octanol–water partition coefficient (Wildman–Crippen LogP) is 7.49. The predicted molar refractivity (Wildman–Crippen MR) is 162 cm³/mol. The minimum Gasteiger partial charge on any atom is -0.478 e. The molecule has 42 heavy (non-hydrogen) atoms. The molecule has 0 heterocycles. The van der Waals surface area contributed by atoms with Gasteiger partial charge in [0.25, 0.3) is 5.90 Å². The average Bonchev–Trinajstić information content (AvgIpc) is 3.04. The van der Waals surface area contributed by atoms with E-state index in [-0.39, 0.29) is 11.3 Å². The number of rotatable bonds is 11. The van der Waals surface area contributed by atoms with Gasteiger partial charge in [0.05, 0.1) is 11.0 Å². The molecule has 214 valence electrons. The topological polar surface area (TPSA) is 85.2 Å². The van der Waals surface area contributed by atoms with Gasteiger partial charge in [-0.05, 0) is 64.5 Å². The van der Waals surface area contributed by atoms with Gasteiger partial charge in [-0.3, -0.25) is 4.79 Å². The molecule has 1 aliphatic rings. The van der Waals surface area contributed by atoms with Crippen molar-refractivity contribution in [3.63, 3.8) is 0 Å². The van der Waals surface area contributed by atoms with Gasteiger partial charge in [-0.1, -0.05) is 104 Å². The summed E-state index contributed by atoms with van der Waals surface area (Å²) < 4.78 is 6.08. The number of carbonyl (C=O) groups is 2. The van der Waals surface area contributed by atoms with Crippen LogP contribution in [0.25, 0.3) is 0 Å². The smallest absolute Gasteiger partial charge is 0.335 e. The van der Waals surface area contributed by atoms with Crippen LogP contribution < -0.4 is 0 Å². The summed E-state index contributed by atoms with van der Waals surface area (Å²) in [5.74, 6) is -0.430. The number of nitrogens with zero attached hydrogens (tertiary/aromatic N) is 1. The molecule has 1 N–H and O–H groups in total. The van der Waals surface area contributed by atoms with E-state index in [2.05, 4.69) is 5.16 Å². The molecule has 5 rings (SSSR count). The second-order valence-corrected chi connectivity index (χ2v) is 10.8. The molecule has 0 saturated heterocycles. The van der Waals surface area contributed by atoms with Crippen molar-refractivity contribution in [2.24, 2.45) is 5.16 Å². The van der Waals surface area contributed by atoms with Crippen LogP contribution in [0.3, 0.4) is 0 Å². The monoisotopic (exact) mass is 561 g/mol. The second-order valence-electron chi connectivity index (χ2n) is 10.8. The SMILES string of the molecule is O=C(O)c1ccc(C2(C(=O)Cc3ccc(C(=NOCc4ccccc4)OCc4ccccc4)cc3)CCCCC2)cc1. The maximum Gasteiger partial charge on any atom is 0.335 e. The van der Waals surface area contributed by atoms with Crippen LogP contribution in [0.15, 0.2) is 114 Å². The molecule has 1 fully saturated rings. The van der Waals surface area contributed by atoms with E-state index in [1.165, 1.54) is 0 Å². The largest absolute Gasteiger partial charge is 0.478 e. The van der Waals surface area contributed by atoms with Gasteiger partial charge in [-0.15, -0.1) is 0 Å². The van der Waals surface area contributed by atoms with Crippen LogP contribution in [0.5, 0.6) is 0 Å². The summed E-state index contributed by atoms with van der Waals surface area (Å²) in [6, 6.07) is 34.2. The number of benzene rings is 4. The molecule has 0 unspecified atom stereocenters. The molecule has 0 spiro atoms. The molecule has 4 aromatic rings. The fourth-order valence-electron chi connectivity index (χ4n) is 5.56. The van der Waals surface area contributed by atoms with Crippen LogP contribution in [-0.2, 0) is 39.4 Å². The average molecular weight is 562 g/mol. The number of oxime groups is 1. The lowest BCUT2D eigenvalue weighted by molar-refractivity contribution is -0.125. The third kappa shape index (κ3) is 7.13. The van der Waals surface area contributed by atoms with Gasteiger partial charge >= 0.3 is 5.97 Å². The van der Waals surface area contributed by atoms with Crippen LogP contribution in [0.4, 0.5) is 0 Å². The number of hydrogen-bond acceptors (Lipinski definition) is 5. The minimum atomic E-state index is -0.966. The van der Waals surface area contributed by atoms with Crippen molar-refractivity contribution in [2.75, 3.05) is 0 Å². The standard InChI is InChI=1S/C36H35NO5/c38-33(36(22-8-3-9-23-36)32-20-18-31(19-21-32)35(39)40)24-27-14-16-30(17-15-27)34(41-25-28-10-4-1-5-11-28)37-42-26-29-12-6-2-7-13-29/h1-2,4-7,10-21H,3,8-9,22-26H2,(H,39,40).